The molecule has 3 heteroatoms. The van der Waals surface area contributed by atoms with E-state index < -0.39 is 0 Å². The average molecular weight is 265 g/mol. The Bertz CT molecular complexity index is 575. The van der Waals surface area contributed by atoms with Crippen LogP contribution in [0.4, 0.5) is 5.69 Å². The maximum Gasteiger partial charge on any atom is 0.113 e. The first-order chi connectivity index (χ1) is 9.81. The van der Waals surface area contributed by atoms with Crippen LogP contribution in [0.5, 0.6) is 0 Å². The summed E-state index contributed by atoms with van der Waals surface area (Å²) < 4.78 is 0. The van der Waals surface area contributed by atoms with E-state index in [-0.39, 0.29) is 0 Å². The van der Waals surface area contributed by atoms with Crippen molar-refractivity contribution < 1.29 is 0 Å². The Morgan fingerprint density at radius 3 is 2.50 bits per heavy atom. The lowest BCUT2D eigenvalue weighted by molar-refractivity contribution is 0.401. The van der Waals surface area contributed by atoms with Crippen LogP contribution < -0.4 is 4.90 Å². The van der Waals surface area contributed by atoms with Crippen molar-refractivity contribution in [2.75, 3.05) is 18.2 Å². The second-order valence-corrected chi connectivity index (χ2v) is 5.19. The SMILES string of the molecule is Cc1ccc(N2CN=CN(Cc3ccccc3)C2)cc1. The maximum atomic E-state index is 4.46. The molecule has 0 atom stereocenters. The molecule has 2 aromatic rings. The number of rotatable bonds is 3. The van der Waals surface area contributed by atoms with Gasteiger partial charge in [0.05, 0.1) is 13.0 Å². The Labute approximate surface area is 120 Å². The van der Waals surface area contributed by atoms with Crippen LogP contribution in [0.2, 0.25) is 0 Å². The van der Waals surface area contributed by atoms with Crippen LogP contribution in [-0.2, 0) is 6.54 Å². The van der Waals surface area contributed by atoms with Crippen molar-refractivity contribution in [3.05, 3.63) is 65.7 Å². The van der Waals surface area contributed by atoms with E-state index in [9.17, 15) is 0 Å². The van der Waals surface area contributed by atoms with Gasteiger partial charge in [0.15, 0.2) is 0 Å². The predicted molar refractivity (Wildman–Crippen MR) is 83.9 cm³/mol. The summed E-state index contributed by atoms with van der Waals surface area (Å²) in [7, 11) is 0. The van der Waals surface area contributed by atoms with Gasteiger partial charge < -0.3 is 9.80 Å². The normalized spacial score (nSPS) is 14.7. The molecule has 0 fully saturated rings. The van der Waals surface area contributed by atoms with E-state index in [4.69, 9.17) is 0 Å². The molecule has 1 aliphatic heterocycles. The first-order valence-corrected chi connectivity index (χ1v) is 6.91. The highest BCUT2D eigenvalue weighted by Crippen LogP contribution is 2.17. The zero-order chi connectivity index (χ0) is 13.8. The van der Waals surface area contributed by atoms with Crippen molar-refractivity contribution in [2.24, 2.45) is 4.99 Å². The second kappa shape index (κ2) is 5.78. The second-order valence-electron chi connectivity index (χ2n) is 5.19. The van der Waals surface area contributed by atoms with Crippen molar-refractivity contribution in [3.8, 4) is 0 Å². The minimum Gasteiger partial charge on any atom is -0.341 e. The minimum atomic E-state index is 0.731. The van der Waals surface area contributed by atoms with E-state index in [1.165, 1.54) is 16.8 Å². The predicted octanol–water partition coefficient (Wildman–Crippen LogP) is 3.26. The van der Waals surface area contributed by atoms with Gasteiger partial charge in [-0.3, -0.25) is 4.99 Å². The van der Waals surface area contributed by atoms with Gasteiger partial charge in [-0.25, -0.2) is 0 Å². The van der Waals surface area contributed by atoms with Gasteiger partial charge in [-0.15, -0.1) is 0 Å². The fourth-order valence-corrected chi connectivity index (χ4v) is 2.38. The van der Waals surface area contributed by atoms with Crippen LogP contribution in [0.15, 0.2) is 59.6 Å². The molecule has 0 aliphatic carbocycles. The van der Waals surface area contributed by atoms with Crippen LogP contribution >= 0.6 is 0 Å². The van der Waals surface area contributed by atoms with E-state index in [0.717, 1.165) is 19.9 Å². The fourth-order valence-electron chi connectivity index (χ4n) is 2.38. The number of anilines is 1. The van der Waals surface area contributed by atoms with Crippen LogP contribution in [0.1, 0.15) is 11.1 Å². The summed E-state index contributed by atoms with van der Waals surface area (Å²) in [6, 6.07) is 19.1. The van der Waals surface area contributed by atoms with E-state index in [1.54, 1.807) is 0 Å². The van der Waals surface area contributed by atoms with Gasteiger partial charge in [0.1, 0.15) is 6.67 Å². The lowest BCUT2D eigenvalue weighted by Crippen LogP contribution is -2.41. The van der Waals surface area contributed by atoms with Gasteiger partial charge in [-0.05, 0) is 24.6 Å². The van der Waals surface area contributed by atoms with Crippen molar-refractivity contribution in [1.82, 2.24) is 4.90 Å². The largest absolute Gasteiger partial charge is 0.341 e. The number of aliphatic imine (C=N–C) groups is 1. The topological polar surface area (TPSA) is 18.8 Å². The zero-order valence-electron chi connectivity index (χ0n) is 11.7. The highest BCUT2D eigenvalue weighted by Gasteiger charge is 2.13. The number of nitrogens with zero attached hydrogens (tertiary/aromatic N) is 3. The van der Waals surface area contributed by atoms with Crippen LogP contribution in [0.3, 0.4) is 0 Å². The molecule has 0 radical (unpaired) electrons. The van der Waals surface area contributed by atoms with Gasteiger partial charge in [-0.1, -0.05) is 48.0 Å². The first-order valence-electron chi connectivity index (χ1n) is 6.91. The van der Waals surface area contributed by atoms with Crippen molar-refractivity contribution >= 4 is 12.0 Å². The number of aryl methyl sites for hydroxylation is 1. The van der Waals surface area contributed by atoms with Gasteiger partial charge in [-0.2, -0.15) is 0 Å². The molecule has 20 heavy (non-hydrogen) atoms. The van der Waals surface area contributed by atoms with Gasteiger partial charge in [0, 0.05) is 12.2 Å². The first kappa shape index (κ1) is 12.7. The highest BCUT2D eigenvalue weighted by atomic mass is 15.4. The van der Waals surface area contributed by atoms with E-state index in [0.29, 0.717) is 0 Å². The minimum absolute atomic E-state index is 0.731. The maximum absolute atomic E-state index is 4.46. The Morgan fingerprint density at radius 1 is 1.00 bits per heavy atom. The Kier molecular flexibility index (Phi) is 3.68. The molecule has 0 saturated carbocycles. The summed E-state index contributed by atoms with van der Waals surface area (Å²) in [6.45, 7) is 4.61. The summed E-state index contributed by atoms with van der Waals surface area (Å²) in [6.07, 6.45) is 1.96. The van der Waals surface area contributed by atoms with Crippen LogP contribution in [0, 0.1) is 6.92 Å². The molecular formula is C17H19N3. The van der Waals surface area contributed by atoms with E-state index >= 15 is 0 Å². The average Bonchev–Trinajstić information content (AvgIpc) is 2.49. The molecule has 0 aromatic heterocycles. The van der Waals surface area contributed by atoms with Gasteiger partial charge >= 0.3 is 0 Å². The summed E-state index contributed by atoms with van der Waals surface area (Å²) in [5.41, 5.74) is 3.82. The molecule has 2 aromatic carbocycles. The van der Waals surface area contributed by atoms with Crippen molar-refractivity contribution in [2.45, 2.75) is 13.5 Å². The molecule has 1 aliphatic rings. The summed E-state index contributed by atoms with van der Waals surface area (Å²) in [4.78, 5) is 8.98. The lowest BCUT2D eigenvalue weighted by Gasteiger charge is -2.33. The molecule has 0 saturated heterocycles. The molecular weight excluding hydrogens is 246 g/mol. The third kappa shape index (κ3) is 2.99. The summed E-state index contributed by atoms with van der Waals surface area (Å²) in [5, 5.41) is 0. The van der Waals surface area contributed by atoms with Gasteiger partial charge in [0.25, 0.3) is 0 Å². The fraction of sp³-hybridized carbons (Fsp3) is 0.235. The molecule has 1 heterocycles. The smallest absolute Gasteiger partial charge is 0.113 e. The number of hydrogen-bond donors (Lipinski definition) is 0. The van der Waals surface area contributed by atoms with E-state index in [2.05, 4.69) is 70.2 Å². The van der Waals surface area contributed by atoms with Gasteiger partial charge in [0.2, 0.25) is 0 Å². The molecule has 3 nitrogen and oxygen atoms in total. The molecule has 3 rings (SSSR count). The summed E-state index contributed by atoms with van der Waals surface area (Å²) >= 11 is 0. The van der Waals surface area contributed by atoms with Crippen molar-refractivity contribution in [1.29, 1.82) is 0 Å². The van der Waals surface area contributed by atoms with E-state index in [1.807, 2.05) is 12.4 Å². The summed E-state index contributed by atoms with van der Waals surface area (Å²) in [5.74, 6) is 0. The lowest BCUT2D eigenvalue weighted by atomic mass is 10.2. The molecule has 0 spiro atoms. The molecule has 102 valence electrons. The Hall–Kier alpha value is -2.29. The van der Waals surface area contributed by atoms with Crippen LogP contribution in [-0.4, -0.2) is 24.6 Å². The molecule has 0 amide bonds. The number of hydrogen-bond acceptors (Lipinski definition) is 3. The van der Waals surface area contributed by atoms with Crippen molar-refractivity contribution in [3.63, 3.8) is 0 Å². The van der Waals surface area contributed by atoms with Crippen LogP contribution in [0.25, 0.3) is 0 Å². The molecule has 0 unspecified atom stereocenters. The third-order valence-corrected chi connectivity index (χ3v) is 3.48. The number of benzene rings is 2. The quantitative estimate of drug-likeness (QED) is 0.848. The highest BCUT2D eigenvalue weighted by molar-refractivity contribution is 5.59. The Balaban J connectivity index is 1.69. The standard InChI is InChI=1S/C17H19N3/c1-15-7-9-17(10-8-15)20-13-18-12-19(14-20)11-16-5-3-2-4-6-16/h2-10,12H,11,13-14H2,1H3. The monoisotopic (exact) mass is 265 g/mol. The zero-order valence-corrected chi connectivity index (χ0v) is 11.7. The molecule has 0 N–H and O–H groups in total. The molecule has 0 bridgehead atoms. The Morgan fingerprint density at radius 2 is 1.75 bits per heavy atom. The third-order valence-electron chi connectivity index (χ3n) is 3.48.